The van der Waals surface area contributed by atoms with Crippen LogP contribution < -0.4 is 67.5 Å². The fraction of sp³-hybridized carbons (Fsp3) is 0.200. The average molecular weight is 1190 g/mol. The minimum atomic E-state index is -1.24. The van der Waals surface area contributed by atoms with Crippen LogP contribution >= 0.6 is 0 Å². The molecule has 0 saturated carbocycles. The monoisotopic (exact) mass is 1190 g/mol. The Morgan fingerprint density at radius 3 is 1.30 bits per heavy atom. The number of primary amides is 1. The summed E-state index contributed by atoms with van der Waals surface area (Å²) >= 11 is 0. The first-order valence-corrected chi connectivity index (χ1v) is 26.0. The molecule has 26 nitrogen and oxygen atoms in total. The Labute approximate surface area is 509 Å². The van der Waals surface area contributed by atoms with E-state index < -0.39 is 41.3 Å². The van der Waals surface area contributed by atoms with E-state index in [9.17, 15) is 43.2 Å². The maximum atomic E-state index is 12.2. The smallest absolute Gasteiger partial charge is 0.870 e. The number of nitrogen functional groups attached to an aromatic ring is 1. The van der Waals surface area contributed by atoms with Gasteiger partial charge in [-0.3, -0.25) is 24.0 Å². The number of carboxylic acids is 1. The summed E-state index contributed by atoms with van der Waals surface area (Å²) in [6, 6.07) is 42.6. The summed E-state index contributed by atoms with van der Waals surface area (Å²) in [7, 11) is 3.28. The molecule has 0 atom stereocenters. The van der Waals surface area contributed by atoms with Crippen LogP contribution in [0.5, 0.6) is 11.5 Å². The number of ether oxygens (including phenoxy) is 5. The van der Waals surface area contributed by atoms with Gasteiger partial charge in [0.25, 0.3) is 28.5 Å². The van der Waals surface area contributed by atoms with E-state index in [0.717, 1.165) is 23.5 Å². The molecule has 2 amide bonds. The van der Waals surface area contributed by atoms with Crippen LogP contribution in [0.2, 0.25) is 0 Å². The van der Waals surface area contributed by atoms with Crippen molar-refractivity contribution in [1.29, 1.82) is 0 Å². The predicted octanol–water partition coefficient (Wildman–Crippen LogP) is 2.13. The zero-order valence-electron chi connectivity index (χ0n) is 48.5. The number of H-pyrrole nitrogens is 3. The van der Waals surface area contributed by atoms with Gasteiger partial charge in [0.2, 0.25) is 11.6 Å². The van der Waals surface area contributed by atoms with Gasteiger partial charge < -0.3 is 71.7 Å². The fourth-order valence-electron chi connectivity index (χ4n) is 7.02. The third-order valence-electron chi connectivity index (χ3n) is 11.1. The number of amides is 2. The number of methoxy groups -OCH3 is 2. The number of hydrogen-bond acceptors (Lipinski definition) is 20. The third-order valence-corrected chi connectivity index (χ3v) is 11.1. The van der Waals surface area contributed by atoms with Crippen LogP contribution in [0.3, 0.4) is 0 Å². The van der Waals surface area contributed by atoms with Gasteiger partial charge in [0, 0.05) is 12.2 Å². The first kappa shape index (κ1) is 72.6. The summed E-state index contributed by atoms with van der Waals surface area (Å²) in [6.07, 6.45) is 1.61. The number of carbonyl (C=O) groups excluding carboxylic acids is 5. The Morgan fingerprint density at radius 2 is 0.908 bits per heavy atom. The van der Waals surface area contributed by atoms with Crippen LogP contribution in [-0.2, 0) is 36.6 Å². The van der Waals surface area contributed by atoms with Crippen molar-refractivity contribution < 1.29 is 81.9 Å². The van der Waals surface area contributed by atoms with Gasteiger partial charge in [-0.1, -0.05) is 72.8 Å². The molecule has 0 aliphatic heterocycles. The first-order chi connectivity index (χ1) is 40.9. The molecule has 3 aromatic heterocycles. The van der Waals surface area contributed by atoms with Crippen molar-refractivity contribution in [2.24, 2.45) is 11.5 Å². The van der Waals surface area contributed by atoms with Crippen molar-refractivity contribution in [3.8, 4) is 11.5 Å². The Morgan fingerprint density at radius 1 is 0.529 bits per heavy atom. The molecular weight excluding hydrogens is 1120 g/mol. The molecule has 6 aromatic carbocycles. The Kier molecular flexibility index (Phi) is 32.0. The molecule has 27 heteroatoms. The van der Waals surface area contributed by atoms with Crippen molar-refractivity contribution in [2.75, 3.05) is 52.9 Å². The van der Waals surface area contributed by atoms with E-state index in [4.69, 9.17) is 36.5 Å². The minimum Gasteiger partial charge on any atom is -0.870 e. The van der Waals surface area contributed by atoms with E-state index in [1.165, 1.54) is 5.56 Å². The number of hydrogen-bond donors (Lipinski definition) is 8. The van der Waals surface area contributed by atoms with E-state index in [-0.39, 0.29) is 72.7 Å². The Bertz CT molecular complexity index is 3860. The Balaban J connectivity index is 0.000000366. The number of nitrogens with zero attached hydrogens (tertiary/aromatic N) is 3. The van der Waals surface area contributed by atoms with Crippen molar-refractivity contribution >= 4 is 74.1 Å². The Hall–Kier alpha value is -10.5. The second kappa shape index (κ2) is 38.4. The number of nitrogens with one attached hydrogen (secondary N) is 4. The number of para-hydroxylation sites is 4. The molecule has 3 heterocycles. The summed E-state index contributed by atoms with van der Waals surface area (Å²) in [6.45, 7) is 6.71. The van der Waals surface area contributed by atoms with Crippen LogP contribution in [0.4, 0.5) is 5.69 Å². The van der Waals surface area contributed by atoms with E-state index in [0.29, 0.717) is 63.5 Å². The number of esters is 3. The number of anilines is 1. The maximum absolute atomic E-state index is 12.2. The standard InChI is InChI=1S/C18H17N3O3.C11H10N2O3.C9H6N2O3.C9H13NO.C7H8N2O.C6H10O4.Li.H2O/c1-24-13-8-6-12(7-9-13)10-11-19-18(23)16-20-15-5-3-2-4-14(15)17(22)21-16;1-2-16-11(15)9-12-8-6-4-3-5-7(8)10(14)13-9;12-8-5-3-1-2-4-6(5)10-7(11-8)9(13)14;1-11-9-4-2-8(3-5-9)6-7-10;8-6-4-2-1-3-5(6)7(9)10;1-3-9-5(7)6(8)10-4-2;;/h2-9H,10-11H2,1H3,(H,19,23)(H,20,21,22);3-6H,2H2,1H3,(H,12,13,14);1-4H,(H,13,14)(H,10,11,12);2-5H,6-7,10H2,1H3;1-4H,8H2,(H2,9,10);3-4H2,1-2H3;;1H2/q;;;;;;+1;/p-1. The number of aromatic amines is 3. The SMILES string of the molecule is CCOC(=O)C(=O)OCC.CCOC(=O)c1nc2ccccc2c(=O)[nH]1.COc1ccc(CCN)cc1.COc1ccc(CCNC(=O)c2nc3ccccc3c(=O)[nH]2)cc1.NC(=O)c1ccccc1N.O=C(O)c1nc2ccccc2c(=O)[nH]1.[Li+].[OH-]. The van der Waals surface area contributed by atoms with Gasteiger partial charge in [0.1, 0.15) is 11.5 Å². The topological polar surface area (TPSA) is 426 Å². The fourth-order valence-corrected chi connectivity index (χ4v) is 7.02. The second-order valence-corrected chi connectivity index (χ2v) is 17.0. The number of carboxylic acid groups (broad SMARTS) is 1. The zero-order valence-corrected chi connectivity index (χ0v) is 48.5. The van der Waals surface area contributed by atoms with Crippen molar-refractivity contribution in [3.05, 3.63) is 211 Å². The van der Waals surface area contributed by atoms with E-state index in [2.05, 4.69) is 44.7 Å². The van der Waals surface area contributed by atoms with Crippen LogP contribution in [0.25, 0.3) is 32.7 Å². The summed E-state index contributed by atoms with van der Waals surface area (Å²) in [5.74, 6) is -3.30. The van der Waals surface area contributed by atoms with Gasteiger partial charge in [-0.05, 0) is 124 Å². The number of fused-ring (bicyclic) bond motifs is 3. The molecule has 9 aromatic rings. The van der Waals surface area contributed by atoms with Crippen molar-refractivity contribution in [2.45, 2.75) is 33.6 Å². The van der Waals surface area contributed by atoms with Gasteiger partial charge in [-0.25, -0.2) is 34.1 Å². The normalized spacial score (nSPS) is 9.72. The molecule has 12 N–H and O–H groups in total. The molecular formula is C60H65LiN10O16. The summed E-state index contributed by atoms with van der Waals surface area (Å²) in [5.41, 5.74) is 19.2. The number of nitrogens with two attached hydrogens (primary N) is 3. The quantitative estimate of drug-likeness (QED) is 0.0254. The van der Waals surface area contributed by atoms with Crippen LogP contribution in [-0.4, -0.2) is 123 Å². The van der Waals surface area contributed by atoms with Crippen LogP contribution in [0.1, 0.15) is 74.1 Å². The van der Waals surface area contributed by atoms with Crippen molar-refractivity contribution in [3.63, 3.8) is 0 Å². The van der Waals surface area contributed by atoms with Gasteiger partial charge in [0.05, 0.1) is 72.3 Å². The molecule has 0 spiro atoms. The largest absolute Gasteiger partial charge is 1.00 e. The number of rotatable bonds is 14. The van der Waals surface area contributed by atoms with Gasteiger partial charge >= 0.3 is 42.7 Å². The molecule has 0 radical (unpaired) electrons. The molecule has 0 aliphatic rings. The van der Waals surface area contributed by atoms with Crippen LogP contribution in [0, 0.1) is 0 Å². The molecule has 0 fully saturated rings. The zero-order chi connectivity index (χ0) is 62.3. The molecule has 9 rings (SSSR count). The summed E-state index contributed by atoms with van der Waals surface area (Å²) in [5, 5.41) is 12.7. The van der Waals surface area contributed by atoms with Gasteiger partial charge in [-0.2, -0.15) is 0 Å². The van der Waals surface area contributed by atoms with Gasteiger partial charge in [-0.15, -0.1) is 0 Å². The van der Waals surface area contributed by atoms with Crippen molar-refractivity contribution in [1.82, 2.24) is 35.2 Å². The van der Waals surface area contributed by atoms with Gasteiger partial charge in [0.15, 0.2) is 5.82 Å². The average Bonchev–Trinajstić information content (AvgIpc) is 2.86. The maximum Gasteiger partial charge on any atom is 1.00 e. The molecule has 0 saturated heterocycles. The number of aromatic carboxylic acids is 1. The first-order valence-electron chi connectivity index (χ1n) is 26.0. The molecule has 452 valence electrons. The number of benzene rings is 6. The number of aromatic nitrogens is 6. The summed E-state index contributed by atoms with van der Waals surface area (Å²) in [4.78, 5) is 120. The van der Waals surface area contributed by atoms with E-state index >= 15 is 0 Å². The summed E-state index contributed by atoms with van der Waals surface area (Å²) < 4.78 is 23.6. The second-order valence-electron chi connectivity index (χ2n) is 17.0. The molecule has 87 heavy (non-hydrogen) atoms. The molecule has 0 unspecified atom stereocenters. The van der Waals surface area contributed by atoms with Crippen LogP contribution in [0.15, 0.2) is 160 Å². The molecule has 0 aliphatic carbocycles. The number of carbonyl (C=O) groups is 6. The van der Waals surface area contributed by atoms with E-state index in [1.54, 1.807) is 132 Å². The minimum absolute atomic E-state index is 0. The van der Waals surface area contributed by atoms with E-state index in [1.807, 2.05) is 48.5 Å². The third kappa shape index (κ3) is 23.6. The molecule has 0 bridgehead atoms. The predicted molar refractivity (Wildman–Crippen MR) is 319 cm³/mol.